The predicted octanol–water partition coefficient (Wildman–Crippen LogP) is -1.09. The maximum Gasteiger partial charge on any atom is 0.242 e. The highest BCUT2D eigenvalue weighted by molar-refractivity contribution is 7.91. The van der Waals surface area contributed by atoms with Gasteiger partial charge in [0.05, 0.1) is 18.1 Å². The van der Waals surface area contributed by atoms with Gasteiger partial charge in [-0.15, -0.1) is 0 Å². The highest BCUT2D eigenvalue weighted by Gasteiger charge is 2.38. The molecule has 0 saturated carbocycles. The molecular weight excluding hydrogens is 244 g/mol. The predicted molar refractivity (Wildman–Crippen MR) is 61.0 cm³/mol. The fraction of sp³-hybridized carbons (Fsp3) is 0.800. The molecule has 17 heavy (non-hydrogen) atoms. The molecule has 1 atom stereocenters. The molecule has 7 heteroatoms. The lowest BCUT2D eigenvalue weighted by Crippen LogP contribution is -2.61. The number of hydrogen-bond acceptors (Lipinski definition) is 4. The molecule has 0 spiro atoms. The fourth-order valence-corrected chi connectivity index (χ4v) is 3.89. The summed E-state index contributed by atoms with van der Waals surface area (Å²) in [4.78, 5) is 24.8. The van der Waals surface area contributed by atoms with Crippen molar-refractivity contribution in [2.24, 2.45) is 0 Å². The van der Waals surface area contributed by atoms with Gasteiger partial charge in [0.25, 0.3) is 0 Å². The van der Waals surface area contributed by atoms with Crippen molar-refractivity contribution in [3.05, 3.63) is 0 Å². The van der Waals surface area contributed by atoms with Gasteiger partial charge in [0.1, 0.15) is 15.9 Å². The van der Waals surface area contributed by atoms with E-state index in [0.717, 1.165) is 0 Å². The van der Waals surface area contributed by atoms with Gasteiger partial charge in [-0.05, 0) is 19.8 Å². The second-order valence-electron chi connectivity index (χ2n) is 4.58. The minimum atomic E-state index is -2.94. The van der Waals surface area contributed by atoms with E-state index in [1.54, 1.807) is 11.8 Å². The second-order valence-corrected chi connectivity index (χ2v) is 6.88. The molecule has 96 valence electrons. The lowest BCUT2D eigenvalue weighted by molar-refractivity contribution is -0.147. The third-order valence-electron chi connectivity index (χ3n) is 3.42. The highest BCUT2D eigenvalue weighted by atomic mass is 32.2. The van der Waals surface area contributed by atoms with E-state index >= 15 is 0 Å². The quantitative estimate of drug-likeness (QED) is 0.649. The molecule has 0 radical (unpaired) electrons. The standard InChI is InChI=1S/C10H16N2O4S/c1-7-10(14)11-6-9(13)12(7)8-2-4-17(15,16)5-3-8/h7-8H,2-6H2,1H3,(H,11,14). The maximum atomic E-state index is 11.8. The van der Waals surface area contributed by atoms with E-state index in [4.69, 9.17) is 0 Å². The van der Waals surface area contributed by atoms with Crippen molar-refractivity contribution in [1.29, 1.82) is 0 Å². The number of sulfone groups is 1. The third kappa shape index (κ3) is 2.43. The van der Waals surface area contributed by atoms with Crippen LogP contribution in [-0.4, -0.2) is 55.3 Å². The molecule has 2 aliphatic rings. The largest absolute Gasteiger partial charge is 0.345 e. The van der Waals surface area contributed by atoms with Gasteiger partial charge in [-0.1, -0.05) is 0 Å². The minimum Gasteiger partial charge on any atom is -0.345 e. The first-order chi connectivity index (χ1) is 7.91. The van der Waals surface area contributed by atoms with Crippen LogP contribution in [0.3, 0.4) is 0 Å². The molecule has 1 unspecified atom stereocenters. The molecule has 1 N–H and O–H groups in total. The second kappa shape index (κ2) is 4.29. The van der Waals surface area contributed by atoms with Crippen LogP contribution in [0.4, 0.5) is 0 Å². The van der Waals surface area contributed by atoms with Crippen molar-refractivity contribution >= 4 is 21.7 Å². The lowest BCUT2D eigenvalue weighted by Gasteiger charge is -2.40. The lowest BCUT2D eigenvalue weighted by atomic mass is 10.0. The molecule has 0 aromatic rings. The van der Waals surface area contributed by atoms with Gasteiger partial charge in [-0.2, -0.15) is 0 Å². The molecule has 0 aromatic carbocycles. The Morgan fingerprint density at radius 1 is 1.24 bits per heavy atom. The maximum absolute atomic E-state index is 11.8. The molecule has 0 aliphatic carbocycles. The molecule has 2 heterocycles. The SMILES string of the molecule is CC1C(=O)NCC(=O)N1C1CCS(=O)(=O)CC1. The normalized spacial score (nSPS) is 30.2. The van der Waals surface area contributed by atoms with Crippen molar-refractivity contribution in [3.63, 3.8) is 0 Å². The van der Waals surface area contributed by atoms with Crippen molar-refractivity contribution in [1.82, 2.24) is 10.2 Å². The van der Waals surface area contributed by atoms with Gasteiger partial charge in [-0.25, -0.2) is 8.42 Å². The summed E-state index contributed by atoms with van der Waals surface area (Å²) in [7, 11) is -2.94. The van der Waals surface area contributed by atoms with Crippen molar-refractivity contribution in [2.75, 3.05) is 18.1 Å². The van der Waals surface area contributed by atoms with Crippen LogP contribution >= 0.6 is 0 Å². The van der Waals surface area contributed by atoms with Gasteiger partial charge in [0.2, 0.25) is 11.8 Å². The fourth-order valence-electron chi connectivity index (χ4n) is 2.42. The summed E-state index contributed by atoms with van der Waals surface area (Å²) in [6.45, 7) is 1.70. The van der Waals surface area contributed by atoms with Crippen molar-refractivity contribution in [3.8, 4) is 0 Å². The smallest absolute Gasteiger partial charge is 0.242 e. The Labute approximate surface area is 100 Å². The Morgan fingerprint density at radius 2 is 1.82 bits per heavy atom. The first kappa shape index (κ1) is 12.3. The Hall–Kier alpha value is -1.11. The zero-order valence-corrected chi connectivity index (χ0v) is 10.5. The molecule has 2 aliphatic heterocycles. The molecule has 6 nitrogen and oxygen atoms in total. The van der Waals surface area contributed by atoms with Crippen molar-refractivity contribution in [2.45, 2.75) is 31.8 Å². The Kier molecular flexibility index (Phi) is 3.11. The number of nitrogens with one attached hydrogen (secondary N) is 1. The number of rotatable bonds is 1. The van der Waals surface area contributed by atoms with E-state index in [1.807, 2.05) is 0 Å². The van der Waals surface area contributed by atoms with Gasteiger partial charge >= 0.3 is 0 Å². The molecule has 2 rings (SSSR count). The van der Waals surface area contributed by atoms with E-state index in [-0.39, 0.29) is 35.9 Å². The summed E-state index contributed by atoms with van der Waals surface area (Å²) in [5.74, 6) is -0.0783. The van der Waals surface area contributed by atoms with E-state index in [1.165, 1.54) is 0 Å². The van der Waals surface area contributed by atoms with Crippen LogP contribution in [0.15, 0.2) is 0 Å². The average Bonchev–Trinajstić information content (AvgIpc) is 2.26. The summed E-state index contributed by atoms with van der Waals surface area (Å²) in [5, 5.41) is 2.52. The average molecular weight is 260 g/mol. The first-order valence-electron chi connectivity index (χ1n) is 5.70. The van der Waals surface area contributed by atoms with Gasteiger partial charge in [0, 0.05) is 6.04 Å². The number of piperazine rings is 1. The van der Waals surface area contributed by atoms with E-state index in [9.17, 15) is 18.0 Å². The van der Waals surface area contributed by atoms with Crippen LogP contribution in [0.1, 0.15) is 19.8 Å². The number of carbonyl (C=O) groups excluding carboxylic acids is 2. The van der Waals surface area contributed by atoms with Gasteiger partial charge in [0.15, 0.2) is 0 Å². The molecular formula is C10H16N2O4S. The monoisotopic (exact) mass is 260 g/mol. The number of amides is 2. The molecule has 0 aromatic heterocycles. The Bertz CT molecular complexity index is 431. The van der Waals surface area contributed by atoms with Crippen LogP contribution in [-0.2, 0) is 19.4 Å². The van der Waals surface area contributed by atoms with Crippen LogP contribution in [0.2, 0.25) is 0 Å². The van der Waals surface area contributed by atoms with E-state index in [2.05, 4.69) is 5.32 Å². The number of nitrogens with zero attached hydrogens (tertiary/aromatic N) is 1. The van der Waals surface area contributed by atoms with Crippen LogP contribution in [0.25, 0.3) is 0 Å². The summed E-state index contributed by atoms with van der Waals surface area (Å²) < 4.78 is 22.6. The molecule has 2 fully saturated rings. The van der Waals surface area contributed by atoms with Crippen LogP contribution in [0, 0.1) is 0 Å². The molecule has 0 bridgehead atoms. The minimum absolute atomic E-state index is 0.0203. The van der Waals surface area contributed by atoms with Gasteiger partial charge < -0.3 is 10.2 Å². The Balaban J connectivity index is 2.11. The van der Waals surface area contributed by atoms with Gasteiger partial charge in [-0.3, -0.25) is 9.59 Å². The summed E-state index contributed by atoms with van der Waals surface area (Å²) in [6, 6.07) is -0.617. The zero-order chi connectivity index (χ0) is 12.6. The molecule has 2 saturated heterocycles. The number of hydrogen-bond donors (Lipinski definition) is 1. The first-order valence-corrected chi connectivity index (χ1v) is 7.52. The third-order valence-corrected chi connectivity index (χ3v) is 5.13. The Morgan fingerprint density at radius 3 is 2.41 bits per heavy atom. The van der Waals surface area contributed by atoms with Crippen LogP contribution in [0.5, 0.6) is 0 Å². The summed E-state index contributed by atoms with van der Waals surface area (Å²) in [6.07, 6.45) is 0.872. The van der Waals surface area contributed by atoms with Crippen molar-refractivity contribution < 1.29 is 18.0 Å². The zero-order valence-electron chi connectivity index (χ0n) is 9.68. The summed E-state index contributed by atoms with van der Waals surface area (Å²) >= 11 is 0. The van der Waals surface area contributed by atoms with Crippen LogP contribution < -0.4 is 5.32 Å². The topological polar surface area (TPSA) is 83.6 Å². The van der Waals surface area contributed by atoms with E-state index < -0.39 is 15.9 Å². The summed E-state index contributed by atoms with van der Waals surface area (Å²) in [5.41, 5.74) is 0. The molecule has 2 amide bonds. The highest BCUT2D eigenvalue weighted by Crippen LogP contribution is 2.21. The number of carbonyl (C=O) groups is 2. The van der Waals surface area contributed by atoms with E-state index in [0.29, 0.717) is 12.8 Å².